The largest absolute Gasteiger partial charge is 0.497 e. The summed E-state index contributed by atoms with van der Waals surface area (Å²) in [6.45, 7) is 0. The second-order valence-electron chi connectivity index (χ2n) is 8.45. The van der Waals surface area contributed by atoms with E-state index in [4.69, 9.17) is 14.8 Å². The average Bonchev–Trinajstić information content (AvgIpc) is 3.37. The van der Waals surface area contributed by atoms with Gasteiger partial charge in [-0.05, 0) is 42.0 Å². The van der Waals surface area contributed by atoms with Crippen molar-refractivity contribution >= 4 is 11.0 Å². The van der Waals surface area contributed by atoms with E-state index in [1.807, 2.05) is 102 Å². The lowest BCUT2D eigenvalue weighted by Crippen LogP contribution is -2.01. The predicted molar refractivity (Wildman–Crippen MR) is 144 cm³/mol. The van der Waals surface area contributed by atoms with Crippen LogP contribution in [0.2, 0.25) is 0 Å². The number of rotatable bonds is 5. The molecule has 6 heteroatoms. The number of nitriles is 1. The molecule has 6 nitrogen and oxygen atoms in total. The molecule has 176 valence electrons. The Balaban J connectivity index is 1.80. The number of aromatic nitrogens is 4. The van der Waals surface area contributed by atoms with Gasteiger partial charge in [0, 0.05) is 29.1 Å². The van der Waals surface area contributed by atoms with Crippen LogP contribution in [0, 0.1) is 11.3 Å². The molecule has 0 saturated carbocycles. The van der Waals surface area contributed by atoms with Gasteiger partial charge in [-0.3, -0.25) is 4.98 Å². The quantitative estimate of drug-likeness (QED) is 0.275. The van der Waals surface area contributed by atoms with Crippen LogP contribution in [0.25, 0.3) is 50.4 Å². The molecule has 37 heavy (non-hydrogen) atoms. The molecule has 0 aliphatic carbocycles. The minimum absolute atomic E-state index is 0.488. The Bertz CT molecular complexity index is 1740. The molecule has 3 aromatic heterocycles. The number of hydrogen-bond donors (Lipinski definition) is 0. The summed E-state index contributed by atoms with van der Waals surface area (Å²) in [6, 6.07) is 33.7. The van der Waals surface area contributed by atoms with Gasteiger partial charge < -0.3 is 4.74 Å². The first kappa shape index (κ1) is 22.2. The number of para-hydroxylation sites is 1. The normalized spacial score (nSPS) is 10.8. The van der Waals surface area contributed by atoms with Crippen LogP contribution in [0.3, 0.4) is 0 Å². The van der Waals surface area contributed by atoms with Crippen molar-refractivity contribution < 1.29 is 4.74 Å². The van der Waals surface area contributed by atoms with Crippen molar-refractivity contribution in [1.29, 1.82) is 5.26 Å². The van der Waals surface area contributed by atoms with Crippen LogP contribution in [-0.2, 0) is 0 Å². The molecule has 0 amide bonds. The molecular weight excluding hydrogens is 458 g/mol. The Hall–Kier alpha value is -5.28. The first-order valence-corrected chi connectivity index (χ1v) is 11.8. The first-order chi connectivity index (χ1) is 18.3. The van der Waals surface area contributed by atoms with Crippen LogP contribution in [0.15, 0.2) is 109 Å². The van der Waals surface area contributed by atoms with Gasteiger partial charge in [-0.2, -0.15) is 10.4 Å². The molecular formula is C31H21N5O. The number of nitrogens with zero attached hydrogens (tertiary/aromatic N) is 5. The highest BCUT2D eigenvalue weighted by atomic mass is 16.5. The van der Waals surface area contributed by atoms with E-state index < -0.39 is 0 Å². The van der Waals surface area contributed by atoms with Crippen molar-refractivity contribution in [2.24, 2.45) is 0 Å². The number of methoxy groups -OCH3 is 1. The lowest BCUT2D eigenvalue weighted by atomic mass is 9.92. The fourth-order valence-corrected chi connectivity index (χ4v) is 4.56. The van der Waals surface area contributed by atoms with E-state index in [0.717, 1.165) is 39.1 Å². The van der Waals surface area contributed by atoms with E-state index >= 15 is 0 Å². The molecule has 0 radical (unpaired) electrons. The summed E-state index contributed by atoms with van der Waals surface area (Å²) < 4.78 is 7.24. The Morgan fingerprint density at radius 2 is 1.46 bits per heavy atom. The van der Waals surface area contributed by atoms with E-state index in [9.17, 15) is 5.26 Å². The zero-order chi connectivity index (χ0) is 25.2. The SMILES string of the molecule is COc1ccc(-c2c(C#N)c(-c3ccccc3)nc3c2c(-c2cccnc2)nn3-c2ccccc2)cc1. The third-order valence-corrected chi connectivity index (χ3v) is 6.29. The molecule has 3 aromatic carbocycles. The minimum atomic E-state index is 0.488. The molecule has 0 N–H and O–H groups in total. The van der Waals surface area contributed by atoms with Crippen LogP contribution in [-0.4, -0.2) is 26.9 Å². The summed E-state index contributed by atoms with van der Waals surface area (Å²) in [5.74, 6) is 0.739. The minimum Gasteiger partial charge on any atom is -0.497 e. The van der Waals surface area contributed by atoms with Crippen molar-refractivity contribution in [1.82, 2.24) is 19.7 Å². The maximum Gasteiger partial charge on any atom is 0.164 e. The van der Waals surface area contributed by atoms with Crippen LogP contribution < -0.4 is 4.74 Å². The summed E-state index contributed by atoms with van der Waals surface area (Å²) >= 11 is 0. The Kier molecular flexibility index (Phi) is 5.64. The lowest BCUT2D eigenvalue weighted by Gasteiger charge is -2.13. The molecule has 0 bridgehead atoms. The third-order valence-electron chi connectivity index (χ3n) is 6.29. The predicted octanol–water partition coefficient (Wildman–Crippen LogP) is 6.70. The maximum absolute atomic E-state index is 10.5. The Morgan fingerprint density at radius 3 is 2.11 bits per heavy atom. The zero-order valence-corrected chi connectivity index (χ0v) is 20.0. The third kappa shape index (κ3) is 3.89. The molecule has 0 spiro atoms. The van der Waals surface area contributed by atoms with Gasteiger partial charge in [0.2, 0.25) is 0 Å². The van der Waals surface area contributed by atoms with Crippen LogP contribution in [0.5, 0.6) is 5.75 Å². The smallest absolute Gasteiger partial charge is 0.164 e. The molecule has 3 heterocycles. The fraction of sp³-hybridized carbons (Fsp3) is 0.0323. The van der Waals surface area contributed by atoms with Gasteiger partial charge in [-0.25, -0.2) is 9.67 Å². The molecule has 0 saturated heterocycles. The number of pyridine rings is 2. The summed E-state index contributed by atoms with van der Waals surface area (Å²) in [4.78, 5) is 9.42. The van der Waals surface area contributed by atoms with Crippen molar-refractivity contribution in [3.8, 4) is 51.1 Å². The molecule has 0 fully saturated rings. The summed E-state index contributed by atoms with van der Waals surface area (Å²) in [7, 11) is 1.64. The summed E-state index contributed by atoms with van der Waals surface area (Å²) in [6.07, 6.45) is 3.52. The van der Waals surface area contributed by atoms with Crippen molar-refractivity contribution in [3.63, 3.8) is 0 Å². The second-order valence-corrected chi connectivity index (χ2v) is 8.45. The standard InChI is InChI=1S/C31H21N5O/c1-37-25-16-14-21(15-17-25)27-26(19-32)29(22-9-4-2-5-10-22)34-31-28(27)30(23-11-8-18-33-20-23)35-36(31)24-12-6-3-7-13-24/h2-18,20H,1H3. The van der Waals surface area contributed by atoms with Gasteiger partial charge in [0.05, 0.1) is 29.4 Å². The van der Waals surface area contributed by atoms with E-state index in [-0.39, 0.29) is 0 Å². The van der Waals surface area contributed by atoms with Crippen LogP contribution in [0.4, 0.5) is 0 Å². The molecule has 0 aliphatic rings. The molecule has 6 aromatic rings. The topological polar surface area (TPSA) is 76.6 Å². The molecule has 6 rings (SSSR count). The number of ether oxygens (including phenoxy) is 1. The zero-order valence-electron chi connectivity index (χ0n) is 20.0. The van der Waals surface area contributed by atoms with E-state index in [0.29, 0.717) is 22.6 Å². The van der Waals surface area contributed by atoms with Crippen LogP contribution >= 0.6 is 0 Å². The van der Waals surface area contributed by atoms with E-state index in [1.165, 1.54) is 0 Å². The van der Waals surface area contributed by atoms with Crippen molar-refractivity contribution in [2.45, 2.75) is 0 Å². The van der Waals surface area contributed by atoms with Crippen molar-refractivity contribution in [3.05, 3.63) is 115 Å². The van der Waals surface area contributed by atoms with Gasteiger partial charge in [0.15, 0.2) is 5.65 Å². The van der Waals surface area contributed by atoms with Gasteiger partial charge in [-0.1, -0.05) is 60.7 Å². The summed E-state index contributed by atoms with van der Waals surface area (Å²) in [5.41, 5.74) is 6.69. The van der Waals surface area contributed by atoms with E-state index in [2.05, 4.69) is 11.1 Å². The lowest BCUT2D eigenvalue weighted by molar-refractivity contribution is 0.415. The fourth-order valence-electron chi connectivity index (χ4n) is 4.56. The highest BCUT2D eigenvalue weighted by Gasteiger charge is 2.25. The van der Waals surface area contributed by atoms with E-state index in [1.54, 1.807) is 19.5 Å². The second kappa shape index (κ2) is 9.40. The van der Waals surface area contributed by atoms with Gasteiger partial charge in [0.1, 0.15) is 17.5 Å². The average molecular weight is 480 g/mol. The van der Waals surface area contributed by atoms with Crippen LogP contribution in [0.1, 0.15) is 5.56 Å². The monoisotopic (exact) mass is 479 g/mol. The number of hydrogen-bond acceptors (Lipinski definition) is 5. The number of benzene rings is 3. The Labute approximate surface area is 214 Å². The Morgan fingerprint density at radius 1 is 0.757 bits per heavy atom. The van der Waals surface area contributed by atoms with Gasteiger partial charge in [-0.15, -0.1) is 0 Å². The maximum atomic E-state index is 10.5. The van der Waals surface area contributed by atoms with Gasteiger partial charge in [0.25, 0.3) is 0 Å². The molecule has 0 atom stereocenters. The highest BCUT2D eigenvalue weighted by Crippen LogP contribution is 2.42. The highest BCUT2D eigenvalue weighted by molar-refractivity contribution is 6.07. The summed E-state index contributed by atoms with van der Waals surface area (Å²) in [5, 5.41) is 16.3. The molecule has 0 aliphatic heterocycles. The van der Waals surface area contributed by atoms with Gasteiger partial charge >= 0.3 is 0 Å². The molecule has 0 unspecified atom stereocenters. The van der Waals surface area contributed by atoms with Crippen molar-refractivity contribution in [2.75, 3.05) is 7.11 Å². The first-order valence-electron chi connectivity index (χ1n) is 11.8. The number of fused-ring (bicyclic) bond motifs is 1.